The Hall–Kier alpha value is -2.60. The zero-order chi connectivity index (χ0) is 18.8. The number of nitrogens with one attached hydrogen (secondary N) is 1. The van der Waals surface area contributed by atoms with Crippen molar-refractivity contribution >= 4 is 39.9 Å². The third-order valence-corrected chi connectivity index (χ3v) is 5.28. The lowest BCUT2D eigenvalue weighted by Crippen LogP contribution is -2.25. The molecule has 1 atom stereocenters. The fourth-order valence-electron chi connectivity index (χ4n) is 3.46. The molecule has 1 aromatic heterocycles. The van der Waals surface area contributed by atoms with Gasteiger partial charge in [0.25, 0.3) is 0 Å². The Kier molecular flexibility index (Phi) is 4.99. The van der Waals surface area contributed by atoms with Crippen LogP contribution in [0.3, 0.4) is 0 Å². The number of anilines is 2. The molecule has 27 heavy (non-hydrogen) atoms. The highest BCUT2D eigenvalue weighted by molar-refractivity contribution is 6.33. The van der Waals surface area contributed by atoms with E-state index in [0.717, 1.165) is 29.8 Å². The van der Waals surface area contributed by atoms with Gasteiger partial charge >= 0.3 is 0 Å². The Bertz CT molecular complexity index is 964. The Balaban J connectivity index is 1.43. The number of benzene rings is 2. The number of para-hydroxylation sites is 1. The topological polar surface area (TPSA) is 63.1 Å². The molecule has 0 saturated carbocycles. The first-order valence-corrected chi connectivity index (χ1v) is 9.63. The Labute approximate surface area is 163 Å². The van der Waals surface area contributed by atoms with E-state index in [4.69, 9.17) is 11.6 Å². The molecule has 0 radical (unpaired) electrons. The fraction of sp³-hybridized carbons (Fsp3) is 0.350. The average molecular weight is 384 g/mol. The molecule has 1 N–H and O–H groups in total. The minimum Gasteiger partial charge on any atom is -0.370 e. The van der Waals surface area contributed by atoms with E-state index < -0.39 is 0 Å². The van der Waals surface area contributed by atoms with Gasteiger partial charge in [-0.25, -0.2) is 4.68 Å². The van der Waals surface area contributed by atoms with E-state index in [0.29, 0.717) is 17.3 Å². The zero-order valence-electron chi connectivity index (χ0n) is 15.2. The monoisotopic (exact) mass is 383 g/mol. The number of hydrogen-bond acceptors (Lipinski definition) is 4. The molecule has 1 fully saturated rings. The molecule has 0 spiro atoms. The summed E-state index contributed by atoms with van der Waals surface area (Å²) in [6.45, 7) is 4.42. The molecule has 1 saturated heterocycles. The Morgan fingerprint density at radius 1 is 1.22 bits per heavy atom. The van der Waals surface area contributed by atoms with E-state index >= 15 is 0 Å². The summed E-state index contributed by atoms with van der Waals surface area (Å²) in [5, 5.41) is 11.9. The van der Waals surface area contributed by atoms with Gasteiger partial charge in [-0.15, -0.1) is 5.10 Å². The van der Waals surface area contributed by atoms with Crippen molar-refractivity contribution in [3.8, 4) is 0 Å². The van der Waals surface area contributed by atoms with Gasteiger partial charge in [-0.05, 0) is 43.2 Å². The van der Waals surface area contributed by atoms with Gasteiger partial charge in [-0.2, -0.15) is 0 Å². The second-order valence-electron chi connectivity index (χ2n) is 7.01. The van der Waals surface area contributed by atoms with Crippen LogP contribution in [0, 0.1) is 5.92 Å². The van der Waals surface area contributed by atoms with Crippen molar-refractivity contribution in [1.82, 2.24) is 15.0 Å². The molecule has 4 rings (SSSR count). The number of rotatable bonds is 5. The van der Waals surface area contributed by atoms with Crippen LogP contribution in [0.25, 0.3) is 11.0 Å². The second-order valence-corrected chi connectivity index (χ2v) is 7.42. The Morgan fingerprint density at radius 2 is 2.00 bits per heavy atom. The molecule has 6 nitrogen and oxygen atoms in total. The van der Waals surface area contributed by atoms with Crippen molar-refractivity contribution in [2.45, 2.75) is 26.3 Å². The van der Waals surface area contributed by atoms with Crippen LogP contribution in [0.1, 0.15) is 19.8 Å². The quantitative estimate of drug-likeness (QED) is 0.724. The summed E-state index contributed by atoms with van der Waals surface area (Å²) in [5.74, 6) is -0.327. The van der Waals surface area contributed by atoms with Gasteiger partial charge in [0.1, 0.15) is 5.52 Å². The molecular weight excluding hydrogens is 362 g/mol. The lowest BCUT2D eigenvalue weighted by atomic mass is 10.1. The third kappa shape index (κ3) is 3.76. The van der Waals surface area contributed by atoms with Crippen LogP contribution >= 0.6 is 11.6 Å². The van der Waals surface area contributed by atoms with Gasteiger partial charge < -0.3 is 10.2 Å². The number of fused-ring (bicyclic) bond motifs is 1. The van der Waals surface area contributed by atoms with Crippen molar-refractivity contribution < 1.29 is 4.79 Å². The molecular formula is C20H22ClN5O. The van der Waals surface area contributed by atoms with Gasteiger partial charge in [0.05, 0.1) is 28.7 Å². The van der Waals surface area contributed by atoms with Crippen molar-refractivity contribution in [1.29, 1.82) is 0 Å². The first-order chi connectivity index (χ1) is 13.1. The van der Waals surface area contributed by atoms with Crippen LogP contribution in [-0.2, 0) is 11.3 Å². The molecule has 140 valence electrons. The number of halogens is 1. The van der Waals surface area contributed by atoms with E-state index in [2.05, 4.69) is 20.5 Å². The maximum Gasteiger partial charge on any atom is 0.229 e. The number of carbonyl (C=O) groups excluding carboxylic acids is 1. The van der Waals surface area contributed by atoms with Crippen LogP contribution in [0.2, 0.25) is 5.02 Å². The summed E-state index contributed by atoms with van der Waals surface area (Å²) in [5.41, 5.74) is 3.50. The van der Waals surface area contributed by atoms with Crippen molar-refractivity contribution in [3.05, 3.63) is 47.5 Å². The van der Waals surface area contributed by atoms with Gasteiger partial charge in [0.15, 0.2) is 0 Å². The van der Waals surface area contributed by atoms with Crippen LogP contribution in [0.15, 0.2) is 42.5 Å². The van der Waals surface area contributed by atoms with E-state index in [9.17, 15) is 4.79 Å². The maximum atomic E-state index is 12.6. The molecule has 7 heteroatoms. The largest absolute Gasteiger partial charge is 0.370 e. The zero-order valence-corrected chi connectivity index (χ0v) is 16.0. The number of hydrogen-bond donors (Lipinski definition) is 1. The van der Waals surface area contributed by atoms with Crippen molar-refractivity contribution in [2.75, 3.05) is 23.3 Å². The van der Waals surface area contributed by atoms with Gasteiger partial charge in [0, 0.05) is 18.8 Å². The standard InChI is InChI=1S/C20H22ClN5O/c1-14(13-26-19-7-3-2-6-17(19)23-24-26)20(27)22-15-8-9-18(16(21)12-15)25-10-4-5-11-25/h2-3,6-9,12,14H,4-5,10-11,13H2,1H3,(H,22,27). The fourth-order valence-corrected chi connectivity index (χ4v) is 3.76. The minimum absolute atomic E-state index is 0.0698. The summed E-state index contributed by atoms with van der Waals surface area (Å²) in [7, 11) is 0. The molecule has 1 amide bonds. The molecule has 2 heterocycles. The van der Waals surface area contributed by atoms with Crippen molar-refractivity contribution in [2.24, 2.45) is 5.92 Å². The van der Waals surface area contributed by atoms with E-state index in [1.807, 2.05) is 49.4 Å². The van der Waals surface area contributed by atoms with E-state index in [1.165, 1.54) is 12.8 Å². The predicted octanol–water partition coefficient (Wildman–Crippen LogP) is 3.96. The second kappa shape index (κ2) is 7.56. The lowest BCUT2D eigenvalue weighted by molar-refractivity contribution is -0.119. The summed E-state index contributed by atoms with van der Waals surface area (Å²) in [6.07, 6.45) is 2.40. The number of amides is 1. The predicted molar refractivity (Wildman–Crippen MR) is 108 cm³/mol. The molecule has 0 bridgehead atoms. The maximum absolute atomic E-state index is 12.6. The highest BCUT2D eigenvalue weighted by atomic mass is 35.5. The van der Waals surface area contributed by atoms with E-state index in [1.54, 1.807) is 4.68 Å². The molecule has 1 aliphatic rings. The number of carbonyl (C=O) groups is 1. The van der Waals surface area contributed by atoms with Gasteiger partial charge in [-0.1, -0.05) is 35.9 Å². The molecule has 3 aromatic rings. The van der Waals surface area contributed by atoms with Crippen LogP contribution in [0.5, 0.6) is 0 Å². The lowest BCUT2D eigenvalue weighted by Gasteiger charge is -2.20. The van der Waals surface area contributed by atoms with Crippen LogP contribution in [0.4, 0.5) is 11.4 Å². The number of aromatic nitrogens is 3. The average Bonchev–Trinajstić information content (AvgIpc) is 3.32. The SMILES string of the molecule is CC(Cn1nnc2ccccc21)C(=O)Nc1ccc(N2CCCC2)c(Cl)c1. The molecule has 0 aliphatic carbocycles. The summed E-state index contributed by atoms with van der Waals surface area (Å²) in [4.78, 5) is 14.9. The Morgan fingerprint density at radius 3 is 2.78 bits per heavy atom. The smallest absolute Gasteiger partial charge is 0.229 e. The normalized spacial score (nSPS) is 15.3. The first-order valence-electron chi connectivity index (χ1n) is 9.25. The minimum atomic E-state index is -0.257. The summed E-state index contributed by atoms with van der Waals surface area (Å²) >= 11 is 6.44. The third-order valence-electron chi connectivity index (χ3n) is 4.98. The molecule has 2 aromatic carbocycles. The van der Waals surface area contributed by atoms with Gasteiger partial charge in [0.2, 0.25) is 5.91 Å². The van der Waals surface area contributed by atoms with E-state index in [-0.39, 0.29) is 11.8 Å². The highest BCUT2D eigenvalue weighted by Crippen LogP contribution is 2.31. The first kappa shape index (κ1) is 17.8. The van der Waals surface area contributed by atoms with Gasteiger partial charge in [-0.3, -0.25) is 4.79 Å². The molecule has 1 aliphatic heterocycles. The number of nitrogens with zero attached hydrogens (tertiary/aromatic N) is 4. The summed E-state index contributed by atoms with van der Waals surface area (Å²) < 4.78 is 1.77. The molecule has 1 unspecified atom stereocenters. The van der Waals surface area contributed by atoms with Crippen molar-refractivity contribution in [3.63, 3.8) is 0 Å². The van der Waals surface area contributed by atoms with Crippen LogP contribution in [-0.4, -0.2) is 34.0 Å². The highest BCUT2D eigenvalue weighted by Gasteiger charge is 2.18. The van der Waals surface area contributed by atoms with Crippen LogP contribution < -0.4 is 10.2 Å². The summed E-state index contributed by atoms with van der Waals surface area (Å²) in [6, 6.07) is 13.5.